The van der Waals surface area contributed by atoms with Crippen molar-refractivity contribution in [3.8, 4) is 5.75 Å². The summed E-state index contributed by atoms with van der Waals surface area (Å²) in [6.07, 6.45) is 2.23. The van der Waals surface area contributed by atoms with Crippen LogP contribution >= 0.6 is 15.9 Å². The van der Waals surface area contributed by atoms with Crippen LogP contribution in [0.1, 0.15) is 18.1 Å². The van der Waals surface area contributed by atoms with E-state index in [-0.39, 0.29) is 6.10 Å². The molecule has 1 aliphatic heterocycles. The monoisotopic (exact) mass is 331 g/mol. The third-order valence-corrected chi connectivity index (χ3v) is 4.18. The summed E-state index contributed by atoms with van der Waals surface area (Å²) in [5.74, 6) is 1.03. The minimum absolute atomic E-state index is 0.223. The van der Waals surface area contributed by atoms with Crippen molar-refractivity contribution < 1.29 is 4.74 Å². The summed E-state index contributed by atoms with van der Waals surface area (Å²) in [6.45, 7) is 3.01. The van der Waals surface area contributed by atoms with Gasteiger partial charge in [-0.2, -0.15) is 0 Å². The van der Waals surface area contributed by atoms with Crippen LogP contribution < -0.4 is 10.1 Å². The molecule has 1 unspecified atom stereocenters. The summed E-state index contributed by atoms with van der Waals surface area (Å²) in [6, 6.07) is 14.7. The van der Waals surface area contributed by atoms with Gasteiger partial charge < -0.3 is 10.1 Å². The molecule has 2 aromatic carbocycles. The minimum Gasteiger partial charge on any atom is -0.488 e. The molecule has 20 heavy (non-hydrogen) atoms. The van der Waals surface area contributed by atoms with Crippen LogP contribution in [0.5, 0.6) is 5.75 Å². The van der Waals surface area contributed by atoms with Gasteiger partial charge in [-0.1, -0.05) is 41.1 Å². The van der Waals surface area contributed by atoms with Crippen LogP contribution in [-0.4, -0.2) is 12.6 Å². The number of hydrogen-bond donors (Lipinski definition) is 1. The van der Waals surface area contributed by atoms with Crippen molar-refractivity contribution in [1.29, 1.82) is 0 Å². The number of fused-ring (bicyclic) bond motifs is 1. The van der Waals surface area contributed by atoms with Crippen LogP contribution in [0.2, 0.25) is 0 Å². The van der Waals surface area contributed by atoms with E-state index in [2.05, 4.69) is 58.5 Å². The standard InChI is InChI=1S/C17H18BrNO/c1-2-12-9-14(18)7-8-16(12)19-11-15-10-13-5-3-4-6-17(13)20-15/h3-9,15,19H,2,10-11H2,1H3. The molecule has 1 N–H and O–H groups in total. The van der Waals surface area contributed by atoms with E-state index in [4.69, 9.17) is 4.74 Å². The maximum Gasteiger partial charge on any atom is 0.123 e. The summed E-state index contributed by atoms with van der Waals surface area (Å²) in [7, 11) is 0. The first-order valence-corrected chi connectivity index (χ1v) is 7.82. The van der Waals surface area contributed by atoms with E-state index in [1.54, 1.807) is 0 Å². The van der Waals surface area contributed by atoms with E-state index < -0.39 is 0 Å². The van der Waals surface area contributed by atoms with Crippen LogP contribution in [0.3, 0.4) is 0 Å². The number of nitrogens with one attached hydrogen (secondary N) is 1. The summed E-state index contributed by atoms with van der Waals surface area (Å²) in [4.78, 5) is 0. The highest BCUT2D eigenvalue weighted by atomic mass is 79.9. The van der Waals surface area contributed by atoms with Crippen LogP contribution in [0.4, 0.5) is 5.69 Å². The van der Waals surface area contributed by atoms with Gasteiger partial charge >= 0.3 is 0 Å². The van der Waals surface area contributed by atoms with Gasteiger partial charge in [0.25, 0.3) is 0 Å². The maximum atomic E-state index is 5.95. The Morgan fingerprint density at radius 2 is 2.10 bits per heavy atom. The number of aryl methyl sites for hydroxylation is 1. The van der Waals surface area contributed by atoms with Gasteiger partial charge in [0.1, 0.15) is 11.9 Å². The van der Waals surface area contributed by atoms with E-state index >= 15 is 0 Å². The Balaban J connectivity index is 1.64. The van der Waals surface area contributed by atoms with Gasteiger partial charge in [0.15, 0.2) is 0 Å². The molecule has 0 aromatic heterocycles. The highest BCUT2D eigenvalue weighted by Gasteiger charge is 2.22. The third kappa shape index (κ3) is 2.83. The highest BCUT2D eigenvalue weighted by Crippen LogP contribution is 2.28. The second-order valence-electron chi connectivity index (χ2n) is 5.09. The number of halogens is 1. The predicted octanol–water partition coefficient (Wildman–Crippen LogP) is 4.43. The van der Waals surface area contributed by atoms with Crippen molar-refractivity contribution in [2.24, 2.45) is 0 Å². The zero-order valence-electron chi connectivity index (χ0n) is 11.5. The van der Waals surface area contributed by atoms with E-state index in [1.165, 1.54) is 16.8 Å². The Bertz CT molecular complexity index is 587. The molecule has 0 spiro atoms. The van der Waals surface area contributed by atoms with Crippen molar-refractivity contribution in [3.05, 3.63) is 58.1 Å². The fraction of sp³-hybridized carbons (Fsp3) is 0.294. The van der Waals surface area contributed by atoms with Gasteiger partial charge in [-0.15, -0.1) is 0 Å². The fourth-order valence-electron chi connectivity index (χ4n) is 2.62. The zero-order chi connectivity index (χ0) is 13.9. The molecule has 0 saturated heterocycles. The predicted molar refractivity (Wildman–Crippen MR) is 86.6 cm³/mol. The van der Waals surface area contributed by atoms with Crippen molar-refractivity contribution in [2.75, 3.05) is 11.9 Å². The topological polar surface area (TPSA) is 21.3 Å². The minimum atomic E-state index is 0.223. The second kappa shape index (κ2) is 5.88. The Labute approximate surface area is 128 Å². The number of para-hydroxylation sites is 1. The molecule has 0 radical (unpaired) electrons. The summed E-state index contributed by atoms with van der Waals surface area (Å²) in [5.41, 5.74) is 3.84. The van der Waals surface area contributed by atoms with E-state index in [0.29, 0.717) is 0 Å². The average molecular weight is 332 g/mol. The second-order valence-corrected chi connectivity index (χ2v) is 6.00. The van der Waals surface area contributed by atoms with Crippen LogP contribution in [0.25, 0.3) is 0 Å². The lowest BCUT2D eigenvalue weighted by Crippen LogP contribution is -2.24. The quantitative estimate of drug-likeness (QED) is 0.894. The van der Waals surface area contributed by atoms with Crippen molar-refractivity contribution in [2.45, 2.75) is 25.9 Å². The van der Waals surface area contributed by atoms with Crippen LogP contribution in [0, 0.1) is 0 Å². The molecule has 3 rings (SSSR count). The van der Waals surface area contributed by atoms with E-state index in [1.807, 2.05) is 12.1 Å². The first-order chi connectivity index (χ1) is 9.76. The fourth-order valence-corrected chi connectivity index (χ4v) is 3.03. The molecular formula is C17H18BrNO. The number of rotatable bonds is 4. The molecule has 0 bridgehead atoms. The maximum absolute atomic E-state index is 5.95. The molecule has 1 atom stereocenters. The van der Waals surface area contributed by atoms with Crippen molar-refractivity contribution >= 4 is 21.6 Å². The largest absolute Gasteiger partial charge is 0.488 e. The third-order valence-electron chi connectivity index (χ3n) is 3.68. The molecule has 1 aliphatic rings. The van der Waals surface area contributed by atoms with Crippen LogP contribution in [-0.2, 0) is 12.8 Å². The molecule has 2 aromatic rings. The molecule has 1 heterocycles. The SMILES string of the molecule is CCc1cc(Br)ccc1NCC1Cc2ccccc2O1. The Hall–Kier alpha value is -1.48. The average Bonchev–Trinajstić information content (AvgIpc) is 2.88. The van der Waals surface area contributed by atoms with Gasteiger partial charge in [0.2, 0.25) is 0 Å². The molecule has 0 amide bonds. The zero-order valence-corrected chi connectivity index (χ0v) is 13.1. The van der Waals surface area contributed by atoms with Gasteiger partial charge in [0.05, 0.1) is 6.54 Å². The summed E-state index contributed by atoms with van der Waals surface area (Å²) < 4.78 is 7.08. The van der Waals surface area contributed by atoms with Crippen LogP contribution in [0.15, 0.2) is 46.9 Å². The van der Waals surface area contributed by atoms with Gasteiger partial charge in [-0.3, -0.25) is 0 Å². The Morgan fingerprint density at radius 3 is 2.90 bits per heavy atom. The summed E-state index contributed by atoms with van der Waals surface area (Å²) >= 11 is 3.52. The smallest absolute Gasteiger partial charge is 0.123 e. The first-order valence-electron chi connectivity index (χ1n) is 7.03. The molecule has 0 saturated carbocycles. The molecule has 0 aliphatic carbocycles. The highest BCUT2D eigenvalue weighted by molar-refractivity contribution is 9.10. The molecule has 2 nitrogen and oxygen atoms in total. The normalized spacial score (nSPS) is 16.6. The first kappa shape index (κ1) is 13.5. The van der Waals surface area contributed by atoms with Gasteiger partial charge in [-0.05, 0) is 41.8 Å². The lowest BCUT2D eigenvalue weighted by atomic mass is 10.1. The molecule has 0 fully saturated rings. The molecular weight excluding hydrogens is 314 g/mol. The number of hydrogen-bond acceptors (Lipinski definition) is 2. The molecule has 104 valence electrons. The lowest BCUT2D eigenvalue weighted by Gasteiger charge is -2.15. The number of ether oxygens (including phenoxy) is 1. The van der Waals surface area contributed by atoms with E-state index in [0.717, 1.165) is 29.6 Å². The van der Waals surface area contributed by atoms with Gasteiger partial charge in [-0.25, -0.2) is 0 Å². The van der Waals surface area contributed by atoms with Gasteiger partial charge in [0, 0.05) is 16.6 Å². The summed E-state index contributed by atoms with van der Waals surface area (Å²) in [5, 5.41) is 3.52. The molecule has 3 heteroatoms. The number of anilines is 1. The van der Waals surface area contributed by atoms with E-state index in [9.17, 15) is 0 Å². The van der Waals surface area contributed by atoms with Crippen molar-refractivity contribution in [3.63, 3.8) is 0 Å². The Kier molecular flexibility index (Phi) is 3.97. The Morgan fingerprint density at radius 1 is 1.25 bits per heavy atom. The number of benzene rings is 2. The lowest BCUT2D eigenvalue weighted by molar-refractivity contribution is 0.246. The van der Waals surface area contributed by atoms with Crippen molar-refractivity contribution in [1.82, 2.24) is 0 Å².